The molecule has 0 fully saturated rings. The van der Waals surface area contributed by atoms with E-state index in [1.165, 1.54) is 25.7 Å². The molecule has 0 radical (unpaired) electrons. The van der Waals surface area contributed by atoms with Crippen LogP contribution in [0.5, 0.6) is 0 Å². The number of benzene rings is 1. The molecule has 0 aliphatic heterocycles. The predicted octanol–water partition coefficient (Wildman–Crippen LogP) is 3.98. The van der Waals surface area contributed by atoms with E-state index in [0.29, 0.717) is 11.7 Å². The van der Waals surface area contributed by atoms with Gasteiger partial charge in [0.25, 0.3) is 0 Å². The van der Waals surface area contributed by atoms with Crippen molar-refractivity contribution < 1.29 is 14.7 Å². The van der Waals surface area contributed by atoms with E-state index in [-0.39, 0.29) is 12.3 Å². The summed E-state index contributed by atoms with van der Waals surface area (Å²) in [6.45, 7) is 2.79. The molecule has 0 saturated heterocycles. The maximum atomic E-state index is 12.0. The number of rotatable bonds is 12. The predicted molar refractivity (Wildman–Crippen MR) is 104 cm³/mol. The quantitative estimate of drug-likeness (QED) is 0.384. The Morgan fingerprint density at radius 3 is 2.65 bits per heavy atom. The molecule has 1 aromatic heterocycles. The van der Waals surface area contributed by atoms with Crippen molar-refractivity contribution in [3.05, 3.63) is 24.3 Å². The van der Waals surface area contributed by atoms with Crippen LogP contribution < -0.4 is 5.32 Å². The van der Waals surface area contributed by atoms with Gasteiger partial charge in [-0.05, 0) is 18.6 Å². The van der Waals surface area contributed by atoms with Crippen LogP contribution in [0.25, 0.3) is 11.0 Å². The van der Waals surface area contributed by atoms with E-state index < -0.39 is 11.2 Å². The Balaban J connectivity index is 1.76. The van der Waals surface area contributed by atoms with Crippen LogP contribution in [0.2, 0.25) is 0 Å². The number of carbonyl (C=O) groups is 2. The first-order chi connectivity index (χ1) is 12.6. The number of hydrogen-bond acceptors (Lipinski definition) is 4. The van der Waals surface area contributed by atoms with Gasteiger partial charge in [-0.25, -0.2) is 4.98 Å². The van der Waals surface area contributed by atoms with Crippen LogP contribution in [-0.2, 0) is 9.59 Å². The number of carboxylic acids is 1. The van der Waals surface area contributed by atoms with Gasteiger partial charge in [-0.15, -0.1) is 0 Å². The molecule has 26 heavy (non-hydrogen) atoms. The van der Waals surface area contributed by atoms with Gasteiger partial charge in [0.1, 0.15) is 5.25 Å². The first-order valence-electron chi connectivity index (χ1n) is 9.21. The molecule has 0 aliphatic rings. The van der Waals surface area contributed by atoms with Crippen LogP contribution in [0.15, 0.2) is 29.4 Å². The van der Waals surface area contributed by atoms with Crippen molar-refractivity contribution in [1.82, 2.24) is 15.3 Å². The van der Waals surface area contributed by atoms with Crippen molar-refractivity contribution in [3.8, 4) is 0 Å². The van der Waals surface area contributed by atoms with Gasteiger partial charge in [0.2, 0.25) is 5.91 Å². The van der Waals surface area contributed by atoms with Gasteiger partial charge in [0.15, 0.2) is 5.16 Å². The van der Waals surface area contributed by atoms with Gasteiger partial charge >= 0.3 is 5.97 Å². The SMILES string of the molecule is CCCCCCCCNC(=O)CC(Sc1nc2ccccc2[nH]1)C(=O)O. The van der Waals surface area contributed by atoms with Gasteiger partial charge in [-0.3, -0.25) is 9.59 Å². The largest absolute Gasteiger partial charge is 0.480 e. The van der Waals surface area contributed by atoms with Crippen LogP contribution in [0.3, 0.4) is 0 Å². The van der Waals surface area contributed by atoms with E-state index in [2.05, 4.69) is 22.2 Å². The minimum atomic E-state index is -1.01. The summed E-state index contributed by atoms with van der Waals surface area (Å²) in [4.78, 5) is 31.0. The average Bonchev–Trinajstić information content (AvgIpc) is 3.02. The fraction of sp³-hybridized carbons (Fsp3) is 0.526. The number of thioether (sulfide) groups is 1. The molecule has 1 heterocycles. The highest BCUT2D eigenvalue weighted by Crippen LogP contribution is 2.25. The molecule has 1 unspecified atom stereocenters. The van der Waals surface area contributed by atoms with Crippen LogP contribution in [0.1, 0.15) is 51.9 Å². The van der Waals surface area contributed by atoms with Crippen molar-refractivity contribution in [2.45, 2.75) is 62.3 Å². The van der Waals surface area contributed by atoms with E-state index in [0.717, 1.165) is 35.6 Å². The number of carbonyl (C=O) groups excluding carboxylic acids is 1. The van der Waals surface area contributed by atoms with Gasteiger partial charge in [-0.2, -0.15) is 0 Å². The lowest BCUT2D eigenvalue weighted by molar-refractivity contribution is -0.138. The number of aromatic nitrogens is 2. The van der Waals surface area contributed by atoms with Crippen LogP contribution in [0.4, 0.5) is 0 Å². The summed E-state index contributed by atoms with van der Waals surface area (Å²) in [6, 6.07) is 7.51. The lowest BCUT2D eigenvalue weighted by atomic mass is 10.1. The van der Waals surface area contributed by atoms with Crippen molar-refractivity contribution in [2.75, 3.05) is 6.54 Å². The number of fused-ring (bicyclic) bond motifs is 1. The lowest BCUT2D eigenvalue weighted by Gasteiger charge is -2.10. The smallest absolute Gasteiger partial charge is 0.317 e. The maximum absolute atomic E-state index is 12.0. The molecule has 3 N–H and O–H groups in total. The molecule has 6 nitrogen and oxygen atoms in total. The highest BCUT2D eigenvalue weighted by Gasteiger charge is 2.24. The minimum Gasteiger partial charge on any atom is -0.480 e. The van der Waals surface area contributed by atoms with Crippen molar-refractivity contribution in [2.24, 2.45) is 0 Å². The van der Waals surface area contributed by atoms with E-state index in [4.69, 9.17) is 0 Å². The summed E-state index contributed by atoms with van der Waals surface area (Å²) in [5.41, 5.74) is 1.64. The van der Waals surface area contributed by atoms with Gasteiger partial charge in [0, 0.05) is 13.0 Å². The third-order valence-corrected chi connectivity index (χ3v) is 5.19. The number of hydrogen-bond donors (Lipinski definition) is 3. The average molecular weight is 378 g/mol. The summed E-state index contributed by atoms with van der Waals surface area (Å²) < 4.78 is 0. The fourth-order valence-electron chi connectivity index (χ4n) is 2.67. The maximum Gasteiger partial charge on any atom is 0.317 e. The number of nitrogens with one attached hydrogen (secondary N) is 2. The van der Waals surface area contributed by atoms with Crippen LogP contribution in [0, 0.1) is 0 Å². The standard InChI is InChI=1S/C19H27N3O3S/c1-2-3-4-5-6-9-12-20-17(23)13-16(18(24)25)26-19-21-14-10-7-8-11-15(14)22-19/h7-8,10-11,16H,2-6,9,12-13H2,1H3,(H,20,23)(H,21,22)(H,24,25). The molecule has 142 valence electrons. The molecule has 2 aromatic rings. The van der Waals surface area contributed by atoms with Crippen LogP contribution >= 0.6 is 11.8 Å². The zero-order chi connectivity index (χ0) is 18.8. The monoisotopic (exact) mass is 377 g/mol. The molecule has 0 bridgehead atoms. The molecule has 7 heteroatoms. The van der Waals surface area contributed by atoms with Crippen molar-refractivity contribution >= 4 is 34.7 Å². The van der Waals surface area contributed by atoms with Gasteiger partial charge in [0.05, 0.1) is 11.0 Å². The first-order valence-corrected chi connectivity index (χ1v) is 10.1. The van der Waals surface area contributed by atoms with Gasteiger partial charge in [-0.1, -0.05) is 62.9 Å². The molecular weight excluding hydrogens is 350 g/mol. The second kappa shape index (κ2) is 10.9. The molecular formula is C19H27N3O3S. The summed E-state index contributed by atoms with van der Waals surface area (Å²) in [5.74, 6) is -1.24. The number of H-pyrrole nitrogens is 1. The normalized spacial score (nSPS) is 12.2. The topological polar surface area (TPSA) is 95.1 Å². The zero-order valence-electron chi connectivity index (χ0n) is 15.2. The number of aromatic amines is 1. The zero-order valence-corrected chi connectivity index (χ0v) is 16.0. The third kappa shape index (κ3) is 6.71. The van der Waals surface area contributed by atoms with E-state index in [9.17, 15) is 14.7 Å². The highest BCUT2D eigenvalue weighted by molar-refractivity contribution is 8.00. The van der Waals surface area contributed by atoms with E-state index in [1.54, 1.807) is 0 Å². The van der Waals surface area contributed by atoms with E-state index in [1.807, 2.05) is 24.3 Å². The van der Waals surface area contributed by atoms with Gasteiger partial charge < -0.3 is 15.4 Å². The number of amides is 1. The Morgan fingerprint density at radius 1 is 1.19 bits per heavy atom. The Bertz CT molecular complexity index is 684. The van der Waals surface area contributed by atoms with Crippen molar-refractivity contribution in [3.63, 3.8) is 0 Å². The van der Waals surface area contributed by atoms with Crippen molar-refractivity contribution in [1.29, 1.82) is 0 Å². The molecule has 1 aromatic carbocycles. The third-order valence-electron chi connectivity index (χ3n) is 4.12. The number of unbranched alkanes of at least 4 members (excludes halogenated alkanes) is 5. The summed E-state index contributed by atoms with van der Waals surface area (Å²) in [5, 5.41) is 11.9. The lowest BCUT2D eigenvalue weighted by Crippen LogP contribution is -2.30. The molecule has 1 amide bonds. The Hall–Kier alpha value is -2.02. The molecule has 0 spiro atoms. The summed E-state index contributed by atoms with van der Waals surface area (Å²) in [6.07, 6.45) is 6.86. The molecule has 0 saturated carbocycles. The van der Waals surface area contributed by atoms with E-state index >= 15 is 0 Å². The number of aliphatic carboxylic acids is 1. The summed E-state index contributed by atoms with van der Waals surface area (Å²) >= 11 is 1.08. The first kappa shape index (κ1) is 20.3. The molecule has 1 atom stereocenters. The number of para-hydroxylation sites is 2. The number of imidazole rings is 1. The second-order valence-electron chi connectivity index (χ2n) is 6.33. The molecule has 2 rings (SSSR count). The second-order valence-corrected chi connectivity index (χ2v) is 7.52. The number of carboxylic acid groups (broad SMARTS) is 1. The Morgan fingerprint density at radius 2 is 1.92 bits per heavy atom. The summed E-state index contributed by atoms with van der Waals surface area (Å²) in [7, 11) is 0. The number of nitrogens with zero attached hydrogens (tertiary/aromatic N) is 1. The fourth-order valence-corrected chi connectivity index (χ4v) is 3.60. The Kier molecular flexibility index (Phi) is 8.47. The molecule has 0 aliphatic carbocycles. The highest BCUT2D eigenvalue weighted by atomic mass is 32.2. The minimum absolute atomic E-state index is 0.0626. The Labute approximate surface area is 158 Å². The van der Waals surface area contributed by atoms with Crippen LogP contribution in [-0.4, -0.2) is 38.7 Å².